The highest BCUT2D eigenvalue weighted by Crippen LogP contribution is 2.36. The van der Waals surface area contributed by atoms with E-state index in [0.717, 1.165) is 41.3 Å². The number of amides is 1. The molecular weight excluding hydrogens is 488 g/mol. The highest BCUT2D eigenvalue weighted by Gasteiger charge is 2.36. The number of ether oxygens (including phenoxy) is 2. The first-order valence-electron chi connectivity index (χ1n) is 10.9. The van der Waals surface area contributed by atoms with Crippen molar-refractivity contribution >= 4 is 45.2 Å². The number of hydrogen-bond donors (Lipinski definition) is 1. The van der Waals surface area contributed by atoms with Crippen molar-refractivity contribution in [2.75, 3.05) is 7.11 Å². The van der Waals surface area contributed by atoms with E-state index in [4.69, 9.17) is 21.7 Å². The van der Waals surface area contributed by atoms with Gasteiger partial charge in [-0.25, -0.2) is 0 Å². The Morgan fingerprint density at radius 3 is 2.56 bits per heavy atom. The fourth-order valence-corrected chi connectivity index (χ4v) is 4.93. The van der Waals surface area contributed by atoms with Crippen LogP contribution in [-0.2, 0) is 11.4 Å². The molecular formula is C25H27BrN2O3S. The molecule has 1 saturated heterocycles. The van der Waals surface area contributed by atoms with E-state index in [1.165, 1.54) is 12.0 Å². The third-order valence-electron chi connectivity index (χ3n) is 5.95. The van der Waals surface area contributed by atoms with Gasteiger partial charge in [-0.05, 0) is 61.3 Å². The summed E-state index contributed by atoms with van der Waals surface area (Å²) in [5.41, 5.74) is 3.59. The molecule has 2 fully saturated rings. The minimum Gasteiger partial charge on any atom is -0.493 e. The van der Waals surface area contributed by atoms with Crippen LogP contribution in [0.4, 0.5) is 0 Å². The maximum absolute atomic E-state index is 13.1. The maximum atomic E-state index is 13.1. The van der Waals surface area contributed by atoms with Gasteiger partial charge < -0.3 is 14.8 Å². The molecule has 4 rings (SSSR count). The number of rotatable bonds is 6. The average Bonchev–Trinajstić information content (AvgIpc) is 3.08. The van der Waals surface area contributed by atoms with Crippen molar-refractivity contribution in [1.29, 1.82) is 0 Å². The van der Waals surface area contributed by atoms with Crippen LogP contribution in [0.15, 0.2) is 46.6 Å². The van der Waals surface area contributed by atoms with Crippen molar-refractivity contribution in [1.82, 2.24) is 10.2 Å². The van der Waals surface area contributed by atoms with Crippen molar-refractivity contribution in [2.24, 2.45) is 0 Å². The Labute approximate surface area is 202 Å². The van der Waals surface area contributed by atoms with Crippen molar-refractivity contribution in [2.45, 2.75) is 51.7 Å². The number of carbonyl (C=O) groups is 1. The molecule has 2 aliphatic rings. The Morgan fingerprint density at radius 1 is 1.16 bits per heavy atom. The normalized spacial score (nSPS) is 18.2. The van der Waals surface area contributed by atoms with E-state index in [1.807, 2.05) is 30.3 Å². The van der Waals surface area contributed by atoms with Crippen molar-refractivity contribution in [3.63, 3.8) is 0 Å². The predicted octanol–water partition coefficient (Wildman–Crippen LogP) is 5.74. The van der Waals surface area contributed by atoms with Crippen LogP contribution in [0.1, 0.15) is 48.8 Å². The molecule has 2 aromatic carbocycles. The summed E-state index contributed by atoms with van der Waals surface area (Å²) in [7, 11) is 1.61. The monoisotopic (exact) mass is 514 g/mol. The average molecular weight is 515 g/mol. The third-order valence-corrected chi connectivity index (χ3v) is 6.93. The second-order valence-corrected chi connectivity index (χ2v) is 9.50. The molecule has 0 atom stereocenters. The van der Waals surface area contributed by atoms with Gasteiger partial charge in [0, 0.05) is 10.5 Å². The Bertz CT molecular complexity index is 1050. The summed E-state index contributed by atoms with van der Waals surface area (Å²) in [6.07, 6.45) is 7.34. The molecule has 0 spiro atoms. The first-order valence-corrected chi connectivity index (χ1v) is 12.1. The minimum atomic E-state index is -0.0625. The molecule has 1 amide bonds. The molecule has 0 bridgehead atoms. The van der Waals surface area contributed by atoms with Gasteiger partial charge in [-0.3, -0.25) is 9.69 Å². The van der Waals surface area contributed by atoms with Crippen molar-refractivity contribution < 1.29 is 14.3 Å². The fraction of sp³-hybridized carbons (Fsp3) is 0.360. The molecule has 32 heavy (non-hydrogen) atoms. The van der Waals surface area contributed by atoms with Gasteiger partial charge in [0.05, 0.1) is 7.11 Å². The second kappa shape index (κ2) is 10.0. The molecule has 1 N–H and O–H groups in total. The van der Waals surface area contributed by atoms with Gasteiger partial charge in [0.1, 0.15) is 12.3 Å². The van der Waals surface area contributed by atoms with Crippen LogP contribution < -0.4 is 14.8 Å². The first-order chi connectivity index (χ1) is 15.5. The van der Waals surface area contributed by atoms with Gasteiger partial charge in [-0.1, -0.05) is 65.0 Å². The summed E-state index contributed by atoms with van der Waals surface area (Å²) in [5.74, 6) is 1.17. The molecule has 1 saturated carbocycles. The van der Waals surface area contributed by atoms with E-state index in [-0.39, 0.29) is 11.9 Å². The molecule has 7 heteroatoms. The Hall–Kier alpha value is -2.38. The number of carbonyl (C=O) groups excluding carboxylic acids is 1. The quantitative estimate of drug-likeness (QED) is 0.393. The van der Waals surface area contributed by atoms with E-state index in [2.05, 4.69) is 40.3 Å². The van der Waals surface area contributed by atoms with E-state index in [0.29, 0.717) is 28.9 Å². The number of hydrogen-bond acceptors (Lipinski definition) is 4. The minimum absolute atomic E-state index is 0.0625. The number of aryl methyl sites for hydroxylation is 1. The lowest BCUT2D eigenvalue weighted by Crippen LogP contribution is -2.41. The lowest BCUT2D eigenvalue weighted by Gasteiger charge is -2.29. The molecule has 1 heterocycles. The molecule has 0 aromatic heterocycles. The standard InChI is InChI=1S/C25H27BrN2O3S/c1-16-8-10-17(11-9-16)15-31-23-14-20(26)18(13-22(23)30-2)12-21-24(29)28(25(32)27-21)19-6-4-3-5-7-19/h8-14,19H,3-7,15H2,1-2H3,(H,27,32)/b21-12-. The zero-order valence-electron chi connectivity index (χ0n) is 18.3. The topological polar surface area (TPSA) is 50.8 Å². The largest absolute Gasteiger partial charge is 0.493 e. The number of nitrogens with one attached hydrogen (secondary N) is 1. The smallest absolute Gasteiger partial charge is 0.276 e. The predicted molar refractivity (Wildman–Crippen MR) is 134 cm³/mol. The number of benzene rings is 2. The molecule has 1 aliphatic heterocycles. The Kier molecular flexibility index (Phi) is 7.16. The first kappa shape index (κ1) is 22.8. The highest BCUT2D eigenvalue weighted by atomic mass is 79.9. The van der Waals surface area contributed by atoms with Gasteiger partial charge in [-0.2, -0.15) is 0 Å². The van der Waals surface area contributed by atoms with Gasteiger partial charge in [0.2, 0.25) is 0 Å². The van der Waals surface area contributed by atoms with Crippen LogP contribution >= 0.6 is 28.1 Å². The Balaban J connectivity index is 1.53. The van der Waals surface area contributed by atoms with Crippen LogP contribution in [0.3, 0.4) is 0 Å². The van der Waals surface area contributed by atoms with Crippen molar-refractivity contribution in [3.8, 4) is 11.5 Å². The third kappa shape index (κ3) is 4.99. The SMILES string of the molecule is COc1cc(/C=C2\NC(=S)N(C3CCCCC3)C2=O)c(Br)cc1OCc1ccc(C)cc1. The van der Waals surface area contributed by atoms with E-state index in [1.54, 1.807) is 12.0 Å². The van der Waals surface area contributed by atoms with Gasteiger partial charge in [0.25, 0.3) is 5.91 Å². The van der Waals surface area contributed by atoms with Crippen LogP contribution in [0.2, 0.25) is 0 Å². The molecule has 1 aliphatic carbocycles. The zero-order chi connectivity index (χ0) is 22.7. The molecule has 5 nitrogen and oxygen atoms in total. The van der Waals surface area contributed by atoms with E-state index in [9.17, 15) is 4.79 Å². The number of halogens is 1. The highest BCUT2D eigenvalue weighted by molar-refractivity contribution is 9.10. The van der Waals surface area contributed by atoms with Crippen LogP contribution in [0.5, 0.6) is 11.5 Å². The van der Waals surface area contributed by atoms with Gasteiger partial charge in [0.15, 0.2) is 16.6 Å². The number of nitrogens with zero attached hydrogens (tertiary/aromatic N) is 1. The summed E-state index contributed by atoms with van der Waals surface area (Å²) < 4.78 is 12.4. The maximum Gasteiger partial charge on any atom is 0.276 e. The van der Waals surface area contributed by atoms with Crippen LogP contribution in [-0.4, -0.2) is 29.1 Å². The van der Waals surface area contributed by atoms with Crippen LogP contribution in [0, 0.1) is 6.92 Å². The summed E-state index contributed by atoms with van der Waals surface area (Å²) in [6, 6.07) is 12.2. The van der Waals surface area contributed by atoms with E-state index >= 15 is 0 Å². The zero-order valence-corrected chi connectivity index (χ0v) is 20.7. The van der Waals surface area contributed by atoms with Gasteiger partial charge in [-0.15, -0.1) is 0 Å². The van der Waals surface area contributed by atoms with E-state index < -0.39 is 0 Å². The lowest BCUT2D eigenvalue weighted by atomic mass is 9.94. The van der Waals surface area contributed by atoms with Gasteiger partial charge >= 0.3 is 0 Å². The van der Waals surface area contributed by atoms with Crippen molar-refractivity contribution in [3.05, 3.63) is 63.3 Å². The number of methoxy groups -OCH3 is 1. The molecule has 168 valence electrons. The summed E-state index contributed by atoms with van der Waals surface area (Å²) in [6.45, 7) is 2.50. The van der Waals surface area contributed by atoms with Crippen LogP contribution in [0.25, 0.3) is 6.08 Å². The lowest BCUT2D eigenvalue weighted by molar-refractivity contribution is -0.124. The number of thiocarbonyl (C=S) groups is 1. The molecule has 0 radical (unpaired) electrons. The molecule has 0 unspecified atom stereocenters. The Morgan fingerprint density at radius 2 is 1.88 bits per heavy atom. The second-order valence-electron chi connectivity index (χ2n) is 8.25. The fourth-order valence-electron chi connectivity index (χ4n) is 4.15. The summed E-state index contributed by atoms with van der Waals surface area (Å²) >= 11 is 9.09. The summed E-state index contributed by atoms with van der Waals surface area (Å²) in [5, 5.41) is 3.60. The summed E-state index contributed by atoms with van der Waals surface area (Å²) in [4.78, 5) is 14.8. The molecule has 2 aromatic rings.